The first-order valence-electron chi connectivity index (χ1n) is 13.7. The Labute approximate surface area is 230 Å². The fourth-order valence-electron chi connectivity index (χ4n) is 4.05. The standard InChI is InChI=1S/C26H47N5O8/c1-3-4-5-6-7-8-9-10-11-21(33)30-16(2)24(35)31-19(26(38)39)14-15-20(32)17(22(28)23(29)34)12-13-18(27)25(36)37/h16-19,22H,3-15,27-28H2,1-2H3,(H2,29,34)(H,30,33)(H,31,35)(H,36,37)(H,38,39)/t16-,17?,18?,19+,22?/m0/s1. The minimum Gasteiger partial charge on any atom is -0.480 e. The van der Waals surface area contributed by atoms with E-state index in [-0.39, 0.29) is 38.0 Å². The Morgan fingerprint density at radius 2 is 1.31 bits per heavy atom. The Bertz CT molecular complexity index is 822. The van der Waals surface area contributed by atoms with Crippen LogP contribution < -0.4 is 27.8 Å². The lowest BCUT2D eigenvalue weighted by Crippen LogP contribution is -2.50. The number of carbonyl (C=O) groups is 6. The molecule has 0 aromatic carbocycles. The zero-order valence-electron chi connectivity index (χ0n) is 23.2. The van der Waals surface area contributed by atoms with E-state index in [9.17, 15) is 33.9 Å². The van der Waals surface area contributed by atoms with E-state index in [1.54, 1.807) is 0 Å². The van der Waals surface area contributed by atoms with Crippen molar-refractivity contribution in [1.82, 2.24) is 10.6 Å². The number of primary amides is 1. The third-order valence-electron chi connectivity index (χ3n) is 6.60. The molecule has 0 aliphatic carbocycles. The maximum atomic E-state index is 12.7. The van der Waals surface area contributed by atoms with Gasteiger partial charge in [0.2, 0.25) is 17.7 Å². The van der Waals surface area contributed by atoms with E-state index in [4.69, 9.17) is 22.3 Å². The van der Waals surface area contributed by atoms with Gasteiger partial charge in [-0.05, 0) is 32.6 Å². The van der Waals surface area contributed by atoms with Crippen molar-refractivity contribution in [3.8, 4) is 0 Å². The van der Waals surface area contributed by atoms with Crippen LogP contribution >= 0.6 is 0 Å². The zero-order valence-corrected chi connectivity index (χ0v) is 23.2. The van der Waals surface area contributed by atoms with E-state index in [0.29, 0.717) is 6.42 Å². The Balaban J connectivity index is 4.75. The summed E-state index contributed by atoms with van der Waals surface area (Å²) in [6.45, 7) is 3.59. The second kappa shape index (κ2) is 19.9. The largest absolute Gasteiger partial charge is 0.480 e. The van der Waals surface area contributed by atoms with E-state index in [1.165, 1.54) is 32.6 Å². The van der Waals surface area contributed by atoms with E-state index in [0.717, 1.165) is 19.3 Å². The van der Waals surface area contributed by atoms with Gasteiger partial charge in [-0.3, -0.25) is 24.0 Å². The second-order valence-electron chi connectivity index (χ2n) is 9.98. The predicted molar refractivity (Wildman–Crippen MR) is 144 cm³/mol. The van der Waals surface area contributed by atoms with Gasteiger partial charge < -0.3 is 38.0 Å². The third-order valence-corrected chi connectivity index (χ3v) is 6.60. The van der Waals surface area contributed by atoms with Gasteiger partial charge in [-0.25, -0.2) is 4.79 Å². The highest BCUT2D eigenvalue weighted by molar-refractivity contribution is 5.92. The molecule has 224 valence electrons. The molecule has 0 aromatic heterocycles. The summed E-state index contributed by atoms with van der Waals surface area (Å²) in [4.78, 5) is 71.6. The van der Waals surface area contributed by atoms with Gasteiger partial charge in [0.05, 0.1) is 6.04 Å². The zero-order chi connectivity index (χ0) is 30.0. The summed E-state index contributed by atoms with van der Waals surface area (Å²) in [6.07, 6.45) is 7.90. The van der Waals surface area contributed by atoms with Gasteiger partial charge in [-0.2, -0.15) is 0 Å². The van der Waals surface area contributed by atoms with Crippen LogP contribution in [-0.4, -0.2) is 69.8 Å². The summed E-state index contributed by atoms with van der Waals surface area (Å²) >= 11 is 0. The first-order chi connectivity index (χ1) is 18.3. The highest BCUT2D eigenvalue weighted by atomic mass is 16.4. The Hall–Kier alpha value is -3.06. The van der Waals surface area contributed by atoms with Crippen LogP contribution in [0.2, 0.25) is 0 Å². The van der Waals surface area contributed by atoms with Crippen molar-refractivity contribution in [3.05, 3.63) is 0 Å². The SMILES string of the molecule is CCCCCCCCCCC(=O)N[C@@H](C)C(=O)N[C@H](CCC(=O)C(CCC(N)C(=O)O)C(N)C(N)=O)C(=O)O. The highest BCUT2D eigenvalue weighted by Crippen LogP contribution is 2.17. The van der Waals surface area contributed by atoms with E-state index >= 15 is 0 Å². The van der Waals surface area contributed by atoms with Crippen LogP contribution in [0.1, 0.15) is 97.3 Å². The van der Waals surface area contributed by atoms with Crippen molar-refractivity contribution in [3.63, 3.8) is 0 Å². The molecule has 3 unspecified atom stereocenters. The number of rotatable bonds is 23. The number of hydrogen-bond donors (Lipinski definition) is 7. The molecule has 39 heavy (non-hydrogen) atoms. The molecule has 0 bridgehead atoms. The molecule has 10 N–H and O–H groups in total. The monoisotopic (exact) mass is 557 g/mol. The van der Waals surface area contributed by atoms with Crippen LogP contribution in [0, 0.1) is 5.92 Å². The lowest BCUT2D eigenvalue weighted by molar-refractivity contribution is -0.143. The molecule has 0 saturated heterocycles. The topological polar surface area (TPSA) is 245 Å². The molecule has 13 nitrogen and oxygen atoms in total. The number of aliphatic carboxylic acids is 2. The van der Waals surface area contributed by atoms with Crippen molar-refractivity contribution >= 4 is 35.4 Å². The van der Waals surface area contributed by atoms with Gasteiger partial charge in [0, 0.05) is 18.8 Å². The number of amides is 3. The molecule has 0 spiro atoms. The molecule has 0 fully saturated rings. The lowest BCUT2D eigenvalue weighted by Gasteiger charge is -2.23. The maximum Gasteiger partial charge on any atom is 0.326 e. The molecule has 0 saturated carbocycles. The molecule has 0 rings (SSSR count). The first-order valence-corrected chi connectivity index (χ1v) is 13.7. The number of carboxylic acid groups (broad SMARTS) is 2. The Morgan fingerprint density at radius 3 is 1.82 bits per heavy atom. The van der Waals surface area contributed by atoms with Gasteiger partial charge >= 0.3 is 11.9 Å². The molecule has 0 radical (unpaired) electrons. The van der Waals surface area contributed by atoms with Gasteiger partial charge in [-0.1, -0.05) is 51.9 Å². The van der Waals surface area contributed by atoms with Crippen molar-refractivity contribution in [2.75, 3.05) is 0 Å². The average molecular weight is 558 g/mol. The van der Waals surface area contributed by atoms with E-state index in [1.807, 2.05) is 0 Å². The highest BCUT2D eigenvalue weighted by Gasteiger charge is 2.32. The molecule has 3 amide bonds. The van der Waals surface area contributed by atoms with Crippen molar-refractivity contribution in [2.45, 2.75) is 121 Å². The average Bonchev–Trinajstić information content (AvgIpc) is 2.87. The van der Waals surface area contributed by atoms with E-state index in [2.05, 4.69) is 17.6 Å². The molecule has 5 atom stereocenters. The Morgan fingerprint density at radius 1 is 0.744 bits per heavy atom. The number of nitrogens with one attached hydrogen (secondary N) is 2. The number of hydrogen-bond acceptors (Lipinski definition) is 8. The Kier molecular flexibility index (Phi) is 18.4. The predicted octanol–water partition coefficient (Wildman–Crippen LogP) is 0.562. The van der Waals surface area contributed by atoms with Crippen LogP contribution in [-0.2, 0) is 28.8 Å². The smallest absolute Gasteiger partial charge is 0.326 e. The molecular weight excluding hydrogens is 510 g/mol. The summed E-state index contributed by atoms with van der Waals surface area (Å²) in [6, 6.07) is -5.12. The van der Waals surface area contributed by atoms with Crippen molar-refractivity contribution in [2.24, 2.45) is 23.1 Å². The summed E-state index contributed by atoms with van der Waals surface area (Å²) in [5, 5.41) is 23.3. The summed E-state index contributed by atoms with van der Waals surface area (Å²) in [5.74, 6) is -6.46. The number of unbranched alkanes of at least 4 members (excludes halogenated alkanes) is 7. The molecule has 0 aliphatic rings. The maximum absolute atomic E-state index is 12.7. The molecule has 0 heterocycles. The summed E-state index contributed by atoms with van der Waals surface area (Å²) in [5.41, 5.74) is 16.4. The first kappa shape index (κ1) is 35.9. The van der Waals surface area contributed by atoms with Gasteiger partial charge in [0.1, 0.15) is 23.9 Å². The lowest BCUT2D eigenvalue weighted by atomic mass is 9.86. The van der Waals surface area contributed by atoms with Gasteiger partial charge in [0.25, 0.3) is 0 Å². The normalized spacial score (nSPS) is 14.9. The van der Waals surface area contributed by atoms with Crippen LogP contribution in [0.3, 0.4) is 0 Å². The minimum absolute atomic E-state index is 0.136. The van der Waals surface area contributed by atoms with Crippen LogP contribution in [0.5, 0.6) is 0 Å². The number of Topliss-reactive ketones (excluding diaryl/α,β-unsaturated/α-hetero) is 1. The van der Waals surface area contributed by atoms with Crippen LogP contribution in [0.25, 0.3) is 0 Å². The molecule has 0 aliphatic heterocycles. The summed E-state index contributed by atoms with van der Waals surface area (Å²) in [7, 11) is 0. The molecule has 13 heteroatoms. The second-order valence-corrected chi connectivity index (χ2v) is 9.98. The van der Waals surface area contributed by atoms with Gasteiger partial charge in [0.15, 0.2) is 0 Å². The van der Waals surface area contributed by atoms with E-state index < -0.39 is 59.6 Å². The van der Waals surface area contributed by atoms with Crippen LogP contribution in [0.4, 0.5) is 0 Å². The van der Waals surface area contributed by atoms with Gasteiger partial charge in [-0.15, -0.1) is 0 Å². The number of nitrogens with two attached hydrogens (primary N) is 3. The minimum atomic E-state index is -1.44. The fraction of sp³-hybridized carbons (Fsp3) is 0.769. The van der Waals surface area contributed by atoms with Crippen molar-refractivity contribution in [1.29, 1.82) is 0 Å². The fourth-order valence-corrected chi connectivity index (χ4v) is 4.05. The van der Waals surface area contributed by atoms with Crippen molar-refractivity contribution < 1.29 is 39.0 Å². The molecule has 0 aromatic rings. The quantitative estimate of drug-likeness (QED) is 0.0860. The number of carbonyl (C=O) groups excluding carboxylic acids is 4. The number of ketones is 1. The summed E-state index contributed by atoms with van der Waals surface area (Å²) < 4.78 is 0. The molecular formula is C26H47N5O8. The van der Waals surface area contributed by atoms with Crippen LogP contribution in [0.15, 0.2) is 0 Å². The third kappa shape index (κ3) is 15.8. The number of carboxylic acids is 2.